The highest BCUT2D eigenvalue weighted by molar-refractivity contribution is 9.10. The Morgan fingerprint density at radius 2 is 1.41 bits per heavy atom. The van der Waals surface area contributed by atoms with E-state index in [4.69, 9.17) is 4.74 Å². The molecule has 254 valence electrons. The minimum Gasteiger partial charge on any atom is -0.484 e. The zero-order valence-electron chi connectivity index (χ0n) is 27.1. The van der Waals surface area contributed by atoms with Gasteiger partial charge in [-0.3, -0.25) is 19.2 Å². The van der Waals surface area contributed by atoms with Gasteiger partial charge in [0, 0.05) is 47.4 Å². The number of aliphatic carboxylic acids is 1. The summed E-state index contributed by atoms with van der Waals surface area (Å²) < 4.78 is 6.61. The van der Waals surface area contributed by atoms with Crippen LogP contribution in [-0.4, -0.2) is 68.6 Å². The molecule has 0 radical (unpaired) electrons. The molecule has 0 aliphatic heterocycles. The Morgan fingerprint density at radius 3 is 2.12 bits per heavy atom. The molecule has 1 unspecified atom stereocenters. The van der Waals surface area contributed by atoms with Crippen molar-refractivity contribution in [2.24, 2.45) is 0 Å². The fourth-order valence-corrected chi connectivity index (χ4v) is 5.01. The van der Waals surface area contributed by atoms with Crippen LogP contribution in [0.2, 0.25) is 0 Å². The average molecular weight is 731 g/mol. The maximum absolute atomic E-state index is 13.6. The first-order valence-corrected chi connectivity index (χ1v) is 16.0. The van der Waals surface area contributed by atoms with E-state index < -0.39 is 36.3 Å². The van der Waals surface area contributed by atoms with E-state index in [2.05, 4.69) is 26.6 Å². The van der Waals surface area contributed by atoms with Gasteiger partial charge in [-0.2, -0.15) is 0 Å². The first-order valence-electron chi connectivity index (χ1n) is 15.2. The molecule has 4 aromatic rings. The van der Waals surface area contributed by atoms with Gasteiger partial charge in [-0.05, 0) is 67.1 Å². The lowest BCUT2D eigenvalue weighted by Gasteiger charge is -2.26. The summed E-state index contributed by atoms with van der Waals surface area (Å²) in [6.45, 7) is 0.410. The number of nitrogens with one attached hydrogen (secondary N) is 2. The lowest BCUT2D eigenvalue weighted by molar-refractivity contribution is -0.138. The fourth-order valence-electron chi connectivity index (χ4n) is 4.63. The second-order valence-electron chi connectivity index (χ2n) is 11.0. The molecule has 0 spiro atoms. The molecule has 13 heteroatoms. The monoisotopic (exact) mass is 729 g/mol. The third-order valence-corrected chi connectivity index (χ3v) is 8.08. The van der Waals surface area contributed by atoms with E-state index in [9.17, 15) is 29.1 Å². The third-order valence-electron chi connectivity index (χ3n) is 7.59. The smallest absolute Gasteiger partial charge is 0.319 e. The van der Waals surface area contributed by atoms with Gasteiger partial charge in [-0.15, -0.1) is 0 Å². The summed E-state index contributed by atoms with van der Waals surface area (Å²) in [5.41, 5.74) is 2.45. The molecule has 4 aromatic carbocycles. The molecule has 3 N–H and O–H groups in total. The van der Waals surface area contributed by atoms with Gasteiger partial charge >= 0.3 is 12.0 Å². The lowest BCUT2D eigenvalue weighted by atomic mass is 10.0. The number of benzene rings is 4. The average Bonchev–Trinajstić information content (AvgIpc) is 3.11. The molecule has 12 nitrogen and oxygen atoms in total. The van der Waals surface area contributed by atoms with E-state index in [0.717, 1.165) is 4.47 Å². The highest BCUT2D eigenvalue weighted by Gasteiger charge is 2.23. The zero-order valence-corrected chi connectivity index (χ0v) is 28.7. The van der Waals surface area contributed by atoms with Crippen molar-refractivity contribution in [2.75, 3.05) is 53.8 Å². The van der Waals surface area contributed by atoms with Crippen LogP contribution in [0, 0.1) is 0 Å². The molecule has 0 saturated heterocycles. The van der Waals surface area contributed by atoms with Crippen LogP contribution in [0.3, 0.4) is 0 Å². The lowest BCUT2D eigenvalue weighted by Crippen LogP contribution is -2.46. The number of hydrogen-bond acceptors (Lipinski definition) is 6. The summed E-state index contributed by atoms with van der Waals surface area (Å²) >= 11 is 3.40. The maximum atomic E-state index is 13.6. The molecule has 0 fully saturated rings. The summed E-state index contributed by atoms with van der Waals surface area (Å²) in [6, 6.07) is 28.3. The quantitative estimate of drug-likeness (QED) is 0.165. The van der Waals surface area contributed by atoms with Crippen molar-refractivity contribution >= 4 is 68.4 Å². The van der Waals surface area contributed by atoms with E-state index >= 15 is 0 Å². The number of amides is 5. The first kappa shape index (κ1) is 36.2. The highest BCUT2D eigenvalue weighted by atomic mass is 79.9. The second-order valence-corrected chi connectivity index (χ2v) is 11.9. The van der Waals surface area contributed by atoms with Crippen LogP contribution >= 0.6 is 15.9 Å². The number of ether oxygens (including phenoxy) is 1. The van der Waals surface area contributed by atoms with Gasteiger partial charge in [0.05, 0.1) is 12.5 Å². The molecular weight excluding hydrogens is 694 g/mol. The number of halogens is 1. The SMILES string of the molecule is CC(C(=O)O)c1cccc(NC(=O)NCC(=O)N(CC(=O)N(C)c2ccccc2)c2cccc(OCC(=O)N(C)c3cccc(Br)c3)c2)c1. The molecule has 0 saturated carbocycles. The normalized spacial score (nSPS) is 11.1. The molecule has 0 aromatic heterocycles. The summed E-state index contributed by atoms with van der Waals surface area (Å²) in [7, 11) is 3.23. The maximum Gasteiger partial charge on any atom is 0.319 e. The van der Waals surface area contributed by atoms with Gasteiger partial charge in [0.25, 0.3) is 5.91 Å². The van der Waals surface area contributed by atoms with Crippen LogP contribution < -0.4 is 30.1 Å². The number of nitrogens with zero attached hydrogens (tertiary/aromatic N) is 3. The van der Waals surface area contributed by atoms with Crippen molar-refractivity contribution in [2.45, 2.75) is 12.8 Å². The fraction of sp³-hybridized carbons (Fsp3) is 0.194. The standard InChI is InChI=1S/C36H36BrN5O7/c1-24(35(46)47)25-10-7-12-27(18-25)39-36(48)38-21-32(43)42(22-33(44)40(2)28-13-5-4-6-14-28)30-16-9-17-31(20-30)49-23-34(45)41(3)29-15-8-11-26(37)19-29/h4-20,24H,21-23H2,1-3H3,(H,46,47)(H2,38,39,48). The molecular formula is C36H36BrN5O7. The van der Waals surface area contributed by atoms with Crippen molar-refractivity contribution in [1.29, 1.82) is 0 Å². The van der Waals surface area contributed by atoms with E-state index in [1.54, 1.807) is 86.9 Å². The van der Waals surface area contributed by atoms with E-state index in [1.807, 2.05) is 18.2 Å². The topological polar surface area (TPSA) is 149 Å². The van der Waals surface area contributed by atoms with Crippen molar-refractivity contribution in [3.05, 3.63) is 113 Å². The number of carboxylic acid groups (broad SMARTS) is 1. The second kappa shape index (κ2) is 16.9. The summed E-state index contributed by atoms with van der Waals surface area (Å²) in [5.74, 6) is -2.80. The van der Waals surface area contributed by atoms with Crippen LogP contribution in [0.15, 0.2) is 108 Å². The molecule has 0 aliphatic carbocycles. The Balaban J connectivity index is 1.48. The molecule has 0 heterocycles. The van der Waals surface area contributed by atoms with Gasteiger partial charge in [0.2, 0.25) is 11.8 Å². The molecule has 49 heavy (non-hydrogen) atoms. The summed E-state index contributed by atoms with van der Waals surface area (Å²) in [5, 5.41) is 14.4. The largest absolute Gasteiger partial charge is 0.484 e. The predicted molar refractivity (Wildman–Crippen MR) is 191 cm³/mol. The Hall–Kier alpha value is -5.69. The zero-order chi connectivity index (χ0) is 35.5. The van der Waals surface area contributed by atoms with E-state index in [1.165, 1.54) is 33.8 Å². The van der Waals surface area contributed by atoms with Gasteiger partial charge in [0.15, 0.2) is 6.61 Å². The number of hydrogen-bond donors (Lipinski definition) is 3. The van der Waals surface area contributed by atoms with Gasteiger partial charge < -0.3 is 35.2 Å². The summed E-state index contributed by atoms with van der Waals surface area (Å²) in [6.07, 6.45) is 0. The number of carbonyl (C=O) groups excluding carboxylic acids is 4. The van der Waals surface area contributed by atoms with Crippen molar-refractivity contribution < 1.29 is 33.8 Å². The van der Waals surface area contributed by atoms with Gasteiger partial charge in [0.1, 0.15) is 12.3 Å². The minimum absolute atomic E-state index is 0.287. The van der Waals surface area contributed by atoms with Gasteiger partial charge in [-0.1, -0.05) is 58.4 Å². The van der Waals surface area contributed by atoms with Crippen LogP contribution in [0.25, 0.3) is 0 Å². The minimum atomic E-state index is -1.01. The molecule has 0 bridgehead atoms. The van der Waals surface area contributed by atoms with Crippen molar-refractivity contribution in [1.82, 2.24) is 5.32 Å². The number of urea groups is 1. The van der Waals surface area contributed by atoms with Crippen LogP contribution in [-0.2, 0) is 19.2 Å². The number of likely N-dealkylation sites (N-methyl/N-ethyl adjacent to an activating group) is 2. The first-order chi connectivity index (χ1) is 23.4. The van der Waals surface area contributed by atoms with Crippen LogP contribution in [0.4, 0.5) is 27.5 Å². The molecule has 4 rings (SSSR count). The summed E-state index contributed by atoms with van der Waals surface area (Å²) in [4.78, 5) is 68.1. The van der Waals surface area contributed by atoms with Crippen LogP contribution in [0.1, 0.15) is 18.4 Å². The molecule has 1 atom stereocenters. The number of carbonyl (C=O) groups is 5. The third kappa shape index (κ3) is 10.1. The number of para-hydroxylation sites is 1. The molecule has 5 amide bonds. The number of carboxylic acids is 1. The Labute approximate surface area is 292 Å². The van der Waals surface area contributed by atoms with E-state index in [0.29, 0.717) is 28.3 Å². The highest BCUT2D eigenvalue weighted by Crippen LogP contribution is 2.24. The Bertz CT molecular complexity index is 1820. The Morgan fingerprint density at radius 1 is 0.755 bits per heavy atom. The number of rotatable bonds is 13. The van der Waals surface area contributed by atoms with Crippen molar-refractivity contribution in [3.63, 3.8) is 0 Å². The van der Waals surface area contributed by atoms with Crippen molar-refractivity contribution in [3.8, 4) is 5.75 Å². The van der Waals surface area contributed by atoms with Gasteiger partial charge in [-0.25, -0.2) is 4.79 Å². The molecule has 0 aliphatic rings. The van der Waals surface area contributed by atoms with E-state index in [-0.39, 0.29) is 24.8 Å². The predicted octanol–water partition coefficient (Wildman–Crippen LogP) is 5.50. The Kier molecular flexibility index (Phi) is 12.5. The number of anilines is 4. The van der Waals surface area contributed by atoms with Crippen LogP contribution in [0.5, 0.6) is 5.75 Å².